The predicted molar refractivity (Wildman–Crippen MR) is 179 cm³/mol. The number of hydrogen-bond acceptors (Lipinski definition) is 3. The van der Waals surface area contributed by atoms with Gasteiger partial charge in [-0.3, -0.25) is 4.98 Å². The van der Waals surface area contributed by atoms with Crippen LogP contribution < -0.4 is 15.1 Å². The molecule has 0 unspecified atom stereocenters. The normalized spacial score (nSPS) is 22.5. The SMILES string of the molecule is Cc1cc(C)cc(-n2c(C)cc([C@@H]3[C@H](c4ccccn4)NC(=S)N3c3ccc(N4C[C@H](C)C[C@@H](C)C4)c(Cl)c3)c2C)c1. The third kappa shape index (κ3) is 5.31. The van der Waals surface area contributed by atoms with E-state index in [0.717, 1.165) is 35.2 Å². The number of anilines is 2. The van der Waals surface area contributed by atoms with Crippen LogP contribution in [-0.4, -0.2) is 27.8 Å². The molecule has 2 aromatic heterocycles. The minimum Gasteiger partial charge on any atom is -0.370 e. The lowest BCUT2D eigenvalue weighted by atomic mass is 9.91. The summed E-state index contributed by atoms with van der Waals surface area (Å²) < 4.78 is 2.36. The van der Waals surface area contributed by atoms with Crippen LogP contribution in [0.25, 0.3) is 5.69 Å². The highest BCUT2D eigenvalue weighted by Crippen LogP contribution is 2.45. The number of halogens is 1. The van der Waals surface area contributed by atoms with Crippen LogP contribution in [0, 0.1) is 39.5 Å². The molecule has 0 spiro atoms. The van der Waals surface area contributed by atoms with Crippen LogP contribution in [0.3, 0.4) is 0 Å². The van der Waals surface area contributed by atoms with Crippen LogP contribution in [0.15, 0.2) is 66.9 Å². The van der Waals surface area contributed by atoms with Gasteiger partial charge in [-0.15, -0.1) is 0 Å². The van der Waals surface area contributed by atoms with Crippen LogP contribution in [0.1, 0.15) is 66.1 Å². The van der Waals surface area contributed by atoms with Crippen molar-refractivity contribution in [1.82, 2.24) is 14.9 Å². The fourth-order valence-corrected chi connectivity index (χ4v) is 7.92. The van der Waals surface area contributed by atoms with E-state index in [-0.39, 0.29) is 12.1 Å². The van der Waals surface area contributed by atoms with E-state index in [1.807, 2.05) is 18.3 Å². The van der Waals surface area contributed by atoms with E-state index in [2.05, 4.69) is 110 Å². The van der Waals surface area contributed by atoms with Gasteiger partial charge in [0.2, 0.25) is 0 Å². The molecule has 0 saturated carbocycles. The van der Waals surface area contributed by atoms with Gasteiger partial charge < -0.3 is 19.7 Å². The van der Waals surface area contributed by atoms with Crippen molar-refractivity contribution in [3.05, 3.63) is 106 Å². The molecule has 218 valence electrons. The third-order valence-electron chi connectivity index (χ3n) is 8.77. The first-order valence-electron chi connectivity index (χ1n) is 14.9. The molecule has 2 aliphatic heterocycles. The van der Waals surface area contributed by atoms with Crippen molar-refractivity contribution in [3.8, 4) is 5.69 Å². The highest BCUT2D eigenvalue weighted by atomic mass is 35.5. The Hall–Kier alpha value is -3.35. The lowest BCUT2D eigenvalue weighted by Gasteiger charge is -2.37. The van der Waals surface area contributed by atoms with E-state index in [9.17, 15) is 0 Å². The van der Waals surface area contributed by atoms with E-state index in [1.54, 1.807) is 0 Å². The molecule has 4 atom stereocenters. The van der Waals surface area contributed by atoms with Gasteiger partial charge in [-0.25, -0.2) is 0 Å². The first-order valence-corrected chi connectivity index (χ1v) is 15.7. The zero-order valence-electron chi connectivity index (χ0n) is 25.4. The standard InChI is InChI=1S/C35H40ClN5S/c1-21-13-22(2)16-28(15-21)40-25(5)17-29(26(40)6)34-33(31-9-7-8-12-37-31)38-35(42)41(34)27-10-11-32(30(36)18-27)39-19-23(3)14-24(4)20-39/h7-13,15-18,23-24,33-34H,14,19-20H2,1-6H3,(H,38,42)/t23-,24-,33+,34-/m1/s1. The van der Waals surface area contributed by atoms with Gasteiger partial charge in [-0.1, -0.05) is 37.6 Å². The Labute approximate surface area is 260 Å². The van der Waals surface area contributed by atoms with Crippen molar-refractivity contribution in [1.29, 1.82) is 0 Å². The van der Waals surface area contributed by atoms with Gasteiger partial charge in [0.05, 0.1) is 28.5 Å². The number of thiocarbonyl (C=S) groups is 1. The lowest BCUT2D eigenvalue weighted by molar-refractivity contribution is 0.357. The summed E-state index contributed by atoms with van der Waals surface area (Å²) in [5.74, 6) is 1.30. The summed E-state index contributed by atoms with van der Waals surface area (Å²) in [6.07, 6.45) is 3.11. The molecular weight excluding hydrogens is 558 g/mol. The monoisotopic (exact) mass is 597 g/mol. The number of piperidine rings is 1. The largest absolute Gasteiger partial charge is 0.370 e. The van der Waals surface area contributed by atoms with E-state index >= 15 is 0 Å². The Balaban J connectivity index is 1.45. The number of benzene rings is 2. The molecule has 4 aromatic rings. The zero-order chi connectivity index (χ0) is 29.7. The third-order valence-corrected chi connectivity index (χ3v) is 9.39. The smallest absolute Gasteiger partial charge is 0.174 e. The van der Waals surface area contributed by atoms with Crippen molar-refractivity contribution in [2.45, 2.75) is 60.0 Å². The van der Waals surface area contributed by atoms with Crippen molar-refractivity contribution >= 4 is 40.3 Å². The molecule has 2 aromatic carbocycles. The first kappa shape index (κ1) is 28.8. The maximum absolute atomic E-state index is 7.05. The van der Waals surface area contributed by atoms with Gasteiger partial charge in [0, 0.05) is 42.0 Å². The molecule has 2 aliphatic rings. The van der Waals surface area contributed by atoms with Crippen LogP contribution in [0.4, 0.5) is 11.4 Å². The van der Waals surface area contributed by atoms with Crippen molar-refractivity contribution in [2.24, 2.45) is 11.8 Å². The quantitative estimate of drug-likeness (QED) is 0.234. The van der Waals surface area contributed by atoms with Crippen molar-refractivity contribution < 1.29 is 0 Å². The first-order chi connectivity index (χ1) is 20.1. The second kappa shape index (κ2) is 11.4. The Bertz CT molecular complexity index is 1600. The van der Waals surface area contributed by atoms with Gasteiger partial charge in [0.1, 0.15) is 0 Å². The highest BCUT2D eigenvalue weighted by molar-refractivity contribution is 7.80. The van der Waals surface area contributed by atoms with Gasteiger partial charge >= 0.3 is 0 Å². The highest BCUT2D eigenvalue weighted by Gasteiger charge is 2.42. The number of hydrogen-bond donors (Lipinski definition) is 1. The predicted octanol–water partition coefficient (Wildman–Crippen LogP) is 8.42. The molecule has 42 heavy (non-hydrogen) atoms. The summed E-state index contributed by atoms with van der Waals surface area (Å²) in [4.78, 5) is 9.44. The molecule has 2 fully saturated rings. The molecule has 4 heterocycles. The van der Waals surface area contributed by atoms with Crippen LogP contribution in [0.5, 0.6) is 0 Å². The molecular formula is C35H40ClN5S. The average molecular weight is 598 g/mol. The minimum absolute atomic E-state index is 0.102. The van der Waals surface area contributed by atoms with Crippen molar-refractivity contribution in [2.75, 3.05) is 22.9 Å². The molecule has 0 radical (unpaired) electrons. The number of pyridine rings is 1. The van der Waals surface area contributed by atoms with Gasteiger partial charge in [0.15, 0.2) is 5.11 Å². The zero-order valence-corrected chi connectivity index (χ0v) is 26.9. The summed E-state index contributed by atoms with van der Waals surface area (Å²) in [6.45, 7) is 15.4. The molecule has 7 heteroatoms. The van der Waals surface area contributed by atoms with E-state index in [1.165, 1.54) is 40.2 Å². The Kier molecular flexibility index (Phi) is 7.79. The summed E-state index contributed by atoms with van der Waals surface area (Å²) in [5, 5.41) is 5.06. The fourth-order valence-electron chi connectivity index (χ4n) is 7.27. The molecule has 5 nitrogen and oxygen atoms in total. The van der Waals surface area contributed by atoms with Crippen LogP contribution in [-0.2, 0) is 0 Å². The maximum Gasteiger partial charge on any atom is 0.174 e. The fraction of sp³-hybridized carbons (Fsp3) is 0.371. The number of nitrogens with zero attached hydrogens (tertiary/aromatic N) is 4. The lowest BCUT2D eigenvalue weighted by Crippen LogP contribution is -2.38. The van der Waals surface area contributed by atoms with E-state index in [4.69, 9.17) is 28.8 Å². The Morgan fingerprint density at radius 2 is 1.60 bits per heavy atom. The number of aromatic nitrogens is 2. The maximum atomic E-state index is 7.05. The summed E-state index contributed by atoms with van der Waals surface area (Å²) >= 11 is 13.1. The van der Waals surface area contributed by atoms with Gasteiger partial charge in [-0.05, 0) is 123 Å². The van der Waals surface area contributed by atoms with Gasteiger partial charge in [-0.2, -0.15) is 0 Å². The number of rotatable bonds is 5. The number of aryl methyl sites for hydroxylation is 3. The van der Waals surface area contributed by atoms with Crippen LogP contribution in [0.2, 0.25) is 5.02 Å². The Morgan fingerprint density at radius 1 is 0.881 bits per heavy atom. The second-order valence-electron chi connectivity index (χ2n) is 12.5. The minimum atomic E-state index is -0.117. The molecule has 1 N–H and O–H groups in total. The average Bonchev–Trinajstić information content (AvgIpc) is 3.42. The van der Waals surface area contributed by atoms with Gasteiger partial charge in [0.25, 0.3) is 0 Å². The second-order valence-corrected chi connectivity index (χ2v) is 13.3. The van der Waals surface area contributed by atoms with Crippen molar-refractivity contribution in [3.63, 3.8) is 0 Å². The molecule has 2 saturated heterocycles. The molecule has 6 rings (SSSR count). The molecule has 0 aliphatic carbocycles. The summed E-state index contributed by atoms with van der Waals surface area (Å²) in [7, 11) is 0. The Morgan fingerprint density at radius 3 is 2.24 bits per heavy atom. The molecule has 0 amide bonds. The molecule has 0 bridgehead atoms. The number of nitrogens with one attached hydrogen (secondary N) is 1. The van der Waals surface area contributed by atoms with E-state index in [0.29, 0.717) is 16.9 Å². The van der Waals surface area contributed by atoms with E-state index < -0.39 is 0 Å². The van der Waals surface area contributed by atoms with Crippen LogP contribution >= 0.6 is 23.8 Å². The summed E-state index contributed by atoms with van der Waals surface area (Å²) in [5.41, 5.74) is 10.3. The topological polar surface area (TPSA) is 36.3 Å². The summed E-state index contributed by atoms with van der Waals surface area (Å²) in [6, 6.07) is 21.3.